The third-order valence-corrected chi connectivity index (χ3v) is 4.59. The molecule has 1 aliphatic heterocycles. The van der Waals surface area contributed by atoms with Crippen molar-refractivity contribution in [1.29, 1.82) is 0 Å². The first-order valence-corrected chi connectivity index (χ1v) is 7.90. The Kier molecular flexibility index (Phi) is 4.07. The van der Waals surface area contributed by atoms with Gasteiger partial charge in [-0.05, 0) is 13.0 Å². The minimum Gasteiger partial charge on any atom is -0.389 e. The Balaban J connectivity index is 1.78. The van der Waals surface area contributed by atoms with Crippen LogP contribution in [-0.4, -0.2) is 36.3 Å². The third-order valence-electron chi connectivity index (χ3n) is 3.75. The van der Waals surface area contributed by atoms with Crippen molar-refractivity contribution in [3.63, 3.8) is 0 Å². The highest BCUT2D eigenvalue weighted by molar-refractivity contribution is 7.13. The van der Waals surface area contributed by atoms with E-state index in [-0.39, 0.29) is 5.82 Å². The van der Waals surface area contributed by atoms with Crippen LogP contribution in [0.4, 0.5) is 15.2 Å². The predicted octanol–water partition coefficient (Wildman–Crippen LogP) is 2.66. The van der Waals surface area contributed by atoms with Gasteiger partial charge in [-0.15, -0.1) is 11.3 Å². The van der Waals surface area contributed by atoms with Gasteiger partial charge in [-0.1, -0.05) is 12.1 Å². The first-order chi connectivity index (χ1) is 10.2. The van der Waals surface area contributed by atoms with Crippen LogP contribution in [0, 0.1) is 5.82 Å². The lowest BCUT2D eigenvalue weighted by Gasteiger charge is -2.37. The average Bonchev–Trinajstić information content (AvgIpc) is 3.01. The quantitative estimate of drug-likeness (QED) is 0.946. The second-order valence-electron chi connectivity index (χ2n) is 5.14. The molecule has 4 nitrogen and oxygen atoms in total. The number of rotatable bonds is 3. The molecule has 0 aliphatic carbocycles. The molecule has 1 N–H and O–H groups in total. The summed E-state index contributed by atoms with van der Waals surface area (Å²) in [7, 11) is 0. The lowest BCUT2D eigenvalue weighted by Crippen LogP contribution is -2.47. The highest BCUT2D eigenvalue weighted by Gasteiger charge is 2.24. The van der Waals surface area contributed by atoms with Gasteiger partial charge < -0.3 is 14.9 Å². The monoisotopic (exact) mass is 307 g/mol. The van der Waals surface area contributed by atoms with Gasteiger partial charge in [0.05, 0.1) is 11.8 Å². The molecule has 0 spiro atoms. The smallest absolute Gasteiger partial charge is 0.185 e. The van der Waals surface area contributed by atoms with Gasteiger partial charge in [0.15, 0.2) is 5.13 Å². The number of benzene rings is 1. The van der Waals surface area contributed by atoms with E-state index in [2.05, 4.69) is 9.88 Å². The number of aromatic nitrogens is 1. The van der Waals surface area contributed by atoms with Crippen LogP contribution < -0.4 is 9.80 Å². The molecular formula is C15H18FN3OS. The molecular weight excluding hydrogens is 289 g/mol. The molecule has 0 amide bonds. The molecule has 6 heteroatoms. The first kappa shape index (κ1) is 14.3. The minimum absolute atomic E-state index is 0.268. The van der Waals surface area contributed by atoms with E-state index in [1.807, 2.05) is 10.3 Å². The molecule has 1 aromatic carbocycles. The Labute approximate surface area is 127 Å². The maximum absolute atomic E-state index is 14.2. The Bertz CT molecular complexity index is 595. The number of nitrogens with zero attached hydrogens (tertiary/aromatic N) is 3. The van der Waals surface area contributed by atoms with Gasteiger partial charge in [-0.2, -0.15) is 0 Å². The molecule has 1 aliphatic rings. The zero-order valence-electron chi connectivity index (χ0n) is 11.9. The fraction of sp³-hybridized carbons (Fsp3) is 0.400. The average molecular weight is 307 g/mol. The molecule has 2 aromatic rings. The zero-order chi connectivity index (χ0) is 14.8. The van der Waals surface area contributed by atoms with E-state index in [0.29, 0.717) is 11.3 Å². The van der Waals surface area contributed by atoms with Gasteiger partial charge in [0.2, 0.25) is 0 Å². The van der Waals surface area contributed by atoms with Crippen LogP contribution >= 0.6 is 11.3 Å². The summed E-state index contributed by atoms with van der Waals surface area (Å²) in [6.45, 7) is 4.73. The molecule has 2 heterocycles. The number of halogens is 1. The molecule has 1 atom stereocenters. The number of aliphatic hydroxyl groups is 1. The van der Waals surface area contributed by atoms with Crippen molar-refractivity contribution in [1.82, 2.24) is 4.98 Å². The van der Waals surface area contributed by atoms with Gasteiger partial charge in [0, 0.05) is 43.3 Å². The highest BCUT2D eigenvalue weighted by atomic mass is 32.1. The van der Waals surface area contributed by atoms with E-state index in [0.717, 1.165) is 31.3 Å². The van der Waals surface area contributed by atoms with Crippen molar-refractivity contribution < 1.29 is 9.50 Å². The normalized spacial score (nSPS) is 17.1. The summed E-state index contributed by atoms with van der Waals surface area (Å²) in [4.78, 5) is 8.54. The van der Waals surface area contributed by atoms with Crippen LogP contribution in [-0.2, 0) is 0 Å². The van der Waals surface area contributed by atoms with Crippen molar-refractivity contribution in [2.75, 3.05) is 36.0 Å². The molecule has 1 fully saturated rings. The number of thiazole rings is 1. The fourth-order valence-corrected chi connectivity index (χ4v) is 3.39. The van der Waals surface area contributed by atoms with Crippen molar-refractivity contribution in [2.24, 2.45) is 0 Å². The van der Waals surface area contributed by atoms with E-state index >= 15 is 0 Å². The summed E-state index contributed by atoms with van der Waals surface area (Å²) in [5, 5.41) is 12.8. The zero-order valence-corrected chi connectivity index (χ0v) is 12.7. The van der Waals surface area contributed by atoms with Crippen LogP contribution in [0.25, 0.3) is 0 Å². The largest absolute Gasteiger partial charge is 0.389 e. The van der Waals surface area contributed by atoms with Gasteiger partial charge in [0.1, 0.15) is 5.82 Å². The summed E-state index contributed by atoms with van der Waals surface area (Å²) in [5.41, 5.74) is 1.18. The highest BCUT2D eigenvalue weighted by Crippen LogP contribution is 2.31. The molecule has 112 valence electrons. The molecule has 1 saturated heterocycles. The summed E-state index contributed by atoms with van der Waals surface area (Å²) >= 11 is 1.62. The van der Waals surface area contributed by atoms with Crippen LogP contribution in [0.2, 0.25) is 0 Å². The van der Waals surface area contributed by atoms with Crippen molar-refractivity contribution in [3.8, 4) is 0 Å². The van der Waals surface area contributed by atoms with Crippen LogP contribution in [0.3, 0.4) is 0 Å². The molecule has 1 unspecified atom stereocenters. The third kappa shape index (κ3) is 2.87. The van der Waals surface area contributed by atoms with Crippen LogP contribution in [0.1, 0.15) is 18.6 Å². The van der Waals surface area contributed by atoms with Crippen LogP contribution in [0.5, 0.6) is 0 Å². The lowest BCUT2D eigenvalue weighted by molar-refractivity contribution is 0.199. The Morgan fingerprint density at radius 1 is 1.24 bits per heavy atom. The topological polar surface area (TPSA) is 39.6 Å². The second-order valence-corrected chi connectivity index (χ2v) is 6.02. The minimum atomic E-state index is -0.673. The molecule has 0 saturated carbocycles. The summed E-state index contributed by atoms with van der Waals surface area (Å²) in [6, 6.07) is 4.89. The van der Waals surface area contributed by atoms with Crippen molar-refractivity contribution in [3.05, 3.63) is 41.2 Å². The molecule has 21 heavy (non-hydrogen) atoms. The number of aliphatic hydroxyl groups excluding tert-OH is 1. The predicted molar refractivity (Wildman–Crippen MR) is 83.6 cm³/mol. The number of piperazine rings is 1. The van der Waals surface area contributed by atoms with Crippen molar-refractivity contribution >= 4 is 22.2 Å². The maximum Gasteiger partial charge on any atom is 0.185 e. The number of para-hydroxylation sites is 1. The van der Waals surface area contributed by atoms with E-state index in [4.69, 9.17) is 0 Å². The van der Waals surface area contributed by atoms with E-state index < -0.39 is 6.10 Å². The molecule has 0 bridgehead atoms. The van der Waals surface area contributed by atoms with Gasteiger partial charge >= 0.3 is 0 Å². The summed E-state index contributed by atoms with van der Waals surface area (Å²) in [6.07, 6.45) is 1.13. The molecule has 0 radical (unpaired) electrons. The second kappa shape index (κ2) is 5.99. The SMILES string of the molecule is CC(O)c1cccc(F)c1N1CCN(c2nccs2)CC1. The van der Waals surface area contributed by atoms with E-state index in [9.17, 15) is 9.50 Å². The Morgan fingerprint density at radius 3 is 2.57 bits per heavy atom. The van der Waals surface area contributed by atoms with Gasteiger partial charge in [-0.3, -0.25) is 0 Å². The fourth-order valence-electron chi connectivity index (χ4n) is 2.70. The van der Waals surface area contributed by atoms with E-state index in [1.54, 1.807) is 36.6 Å². The number of hydrogen-bond acceptors (Lipinski definition) is 5. The summed E-state index contributed by atoms with van der Waals surface area (Å²) in [5.74, 6) is -0.268. The summed E-state index contributed by atoms with van der Waals surface area (Å²) < 4.78 is 14.2. The molecule has 3 rings (SSSR count). The van der Waals surface area contributed by atoms with Crippen molar-refractivity contribution in [2.45, 2.75) is 13.0 Å². The van der Waals surface area contributed by atoms with Crippen LogP contribution in [0.15, 0.2) is 29.8 Å². The standard InChI is InChI=1S/C15H18FN3OS/c1-11(20)12-3-2-4-13(16)14(12)18-6-8-19(9-7-18)15-17-5-10-21-15/h2-5,10-11,20H,6-9H2,1H3. The number of anilines is 2. The van der Waals surface area contributed by atoms with E-state index in [1.165, 1.54) is 6.07 Å². The Morgan fingerprint density at radius 2 is 1.95 bits per heavy atom. The number of hydrogen-bond donors (Lipinski definition) is 1. The molecule has 1 aromatic heterocycles. The Hall–Kier alpha value is -1.66. The lowest BCUT2D eigenvalue weighted by atomic mass is 10.1. The van der Waals surface area contributed by atoms with Gasteiger partial charge in [0.25, 0.3) is 0 Å². The maximum atomic E-state index is 14.2. The van der Waals surface area contributed by atoms with Gasteiger partial charge in [-0.25, -0.2) is 9.37 Å². The first-order valence-electron chi connectivity index (χ1n) is 7.02.